The van der Waals surface area contributed by atoms with Gasteiger partial charge in [0.1, 0.15) is 5.82 Å². The van der Waals surface area contributed by atoms with Crippen LogP contribution in [0.2, 0.25) is 0 Å². The number of hydrogen-bond donors (Lipinski definition) is 2. The van der Waals surface area contributed by atoms with E-state index in [1.807, 2.05) is 13.8 Å². The van der Waals surface area contributed by atoms with Gasteiger partial charge >= 0.3 is 0 Å². The molecule has 3 nitrogen and oxygen atoms in total. The summed E-state index contributed by atoms with van der Waals surface area (Å²) in [6.45, 7) is 4.72. The maximum atomic E-state index is 13.5. The van der Waals surface area contributed by atoms with Gasteiger partial charge in [-0.3, -0.25) is 4.79 Å². The Balaban J connectivity index is 2.53. The maximum Gasteiger partial charge on any atom is 0.244 e. The first-order valence-electron chi connectivity index (χ1n) is 6.86. The third kappa shape index (κ3) is 6.87. The molecule has 0 spiro atoms. The molecule has 0 atom stereocenters. The fraction of sp³-hybridized carbons (Fsp3) is 0.438. The van der Waals surface area contributed by atoms with E-state index >= 15 is 0 Å². The van der Waals surface area contributed by atoms with Crippen LogP contribution in [-0.2, 0) is 4.79 Å². The molecule has 0 aliphatic carbocycles. The van der Waals surface area contributed by atoms with Crippen LogP contribution in [0.15, 0.2) is 28.7 Å². The van der Waals surface area contributed by atoms with Crippen molar-refractivity contribution in [2.45, 2.75) is 26.7 Å². The largest absolute Gasteiger partial charge is 0.396 e. The van der Waals surface area contributed by atoms with Crippen LogP contribution in [0.4, 0.5) is 4.39 Å². The molecule has 1 rings (SSSR count). The van der Waals surface area contributed by atoms with Gasteiger partial charge in [0.2, 0.25) is 5.91 Å². The first-order chi connectivity index (χ1) is 9.84. The van der Waals surface area contributed by atoms with E-state index in [-0.39, 0.29) is 23.7 Å². The van der Waals surface area contributed by atoms with Crippen molar-refractivity contribution >= 4 is 27.9 Å². The fourth-order valence-electron chi connectivity index (χ4n) is 1.84. The topological polar surface area (TPSA) is 49.3 Å². The number of amides is 1. The summed E-state index contributed by atoms with van der Waals surface area (Å²) >= 11 is 3.26. The van der Waals surface area contributed by atoms with Gasteiger partial charge in [0.05, 0.1) is 0 Å². The monoisotopic (exact) mass is 357 g/mol. The highest BCUT2D eigenvalue weighted by molar-refractivity contribution is 9.10. The molecule has 0 bridgehead atoms. The second-order valence-corrected chi connectivity index (χ2v) is 6.62. The molecule has 116 valence electrons. The summed E-state index contributed by atoms with van der Waals surface area (Å²) in [5, 5.41) is 11.6. The zero-order valence-electron chi connectivity index (χ0n) is 12.3. The van der Waals surface area contributed by atoms with Crippen LogP contribution in [0.3, 0.4) is 0 Å². The summed E-state index contributed by atoms with van der Waals surface area (Å²) in [6, 6.07) is 4.57. The average molecular weight is 358 g/mol. The van der Waals surface area contributed by atoms with Crippen molar-refractivity contribution in [3.05, 3.63) is 40.1 Å². The lowest BCUT2D eigenvalue weighted by molar-refractivity contribution is -0.116. The lowest BCUT2D eigenvalue weighted by Crippen LogP contribution is -2.33. The van der Waals surface area contributed by atoms with Gasteiger partial charge in [-0.05, 0) is 42.5 Å². The molecular formula is C16H21BrFNO2. The van der Waals surface area contributed by atoms with E-state index in [1.165, 1.54) is 18.2 Å². The Morgan fingerprint density at radius 1 is 1.48 bits per heavy atom. The number of aliphatic hydroxyl groups excluding tert-OH is 1. The number of carbonyl (C=O) groups is 1. The Labute approximate surface area is 133 Å². The Kier molecular flexibility index (Phi) is 7.05. The number of nitrogens with one attached hydrogen (secondary N) is 1. The molecule has 5 heteroatoms. The summed E-state index contributed by atoms with van der Waals surface area (Å²) < 4.78 is 14.3. The minimum absolute atomic E-state index is 0.0761. The highest BCUT2D eigenvalue weighted by atomic mass is 79.9. The molecule has 0 aliphatic heterocycles. The number of hydrogen-bond acceptors (Lipinski definition) is 2. The molecule has 0 heterocycles. The first-order valence-corrected chi connectivity index (χ1v) is 7.65. The first kappa shape index (κ1) is 17.9. The molecule has 21 heavy (non-hydrogen) atoms. The number of carbonyl (C=O) groups excluding carboxylic acids is 1. The van der Waals surface area contributed by atoms with Crippen molar-refractivity contribution in [3.63, 3.8) is 0 Å². The van der Waals surface area contributed by atoms with Crippen molar-refractivity contribution in [2.75, 3.05) is 13.2 Å². The third-order valence-electron chi connectivity index (χ3n) is 3.13. The zero-order valence-corrected chi connectivity index (χ0v) is 13.9. The van der Waals surface area contributed by atoms with Gasteiger partial charge in [0, 0.05) is 29.3 Å². The minimum Gasteiger partial charge on any atom is -0.396 e. The summed E-state index contributed by atoms with van der Waals surface area (Å²) in [6.07, 6.45) is 4.32. The van der Waals surface area contributed by atoms with Crippen LogP contribution in [0, 0.1) is 11.2 Å². The molecular weight excluding hydrogens is 337 g/mol. The van der Waals surface area contributed by atoms with E-state index in [0.717, 1.165) is 10.9 Å². The molecule has 1 aromatic carbocycles. The summed E-state index contributed by atoms with van der Waals surface area (Å²) in [5.41, 5.74) is 0.284. The van der Waals surface area contributed by atoms with Gasteiger partial charge in [0.25, 0.3) is 0 Å². The lowest BCUT2D eigenvalue weighted by Gasteiger charge is -2.24. The molecule has 1 amide bonds. The van der Waals surface area contributed by atoms with Crippen molar-refractivity contribution in [2.24, 2.45) is 5.41 Å². The molecule has 0 saturated heterocycles. The molecule has 0 aromatic heterocycles. The molecule has 0 radical (unpaired) electrons. The second-order valence-electron chi connectivity index (χ2n) is 5.71. The van der Waals surface area contributed by atoms with Crippen molar-refractivity contribution in [1.29, 1.82) is 0 Å². The van der Waals surface area contributed by atoms with Crippen molar-refractivity contribution in [3.8, 4) is 0 Å². The summed E-state index contributed by atoms with van der Waals surface area (Å²) in [7, 11) is 0. The van der Waals surface area contributed by atoms with Gasteiger partial charge in [-0.25, -0.2) is 4.39 Å². The zero-order chi connectivity index (χ0) is 15.9. The van der Waals surface area contributed by atoms with E-state index in [2.05, 4.69) is 21.2 Å². The summed E-state index contributed by atoms with van der Waals surface area (Å²) in [5.74, 6) is -0.628. The van der Waals surface area contributed by atoms with Crippen LogP contribution in [0.1, 0.15) is 32.3 Å². The molecule has 0 unspecified atom stereocenters. The Bertz CT molecular complexity index is 515. The fourth-order valence-corrected chi connectivity index (χ4v) is 2.22. The van der Waals surface area contributed by atoms with Gasteiger partial charge in [-0.15, -0.1) is 0 Å². The normalized spacial score (nSPS) is 11.9. The van der Waals surface area contributed by atoms with E-state index in [9.17, 15) is 9.18 Å². The molecule has 0 aliphatic rings. The smallest absolute Gasteiger partial charge is 0.244 e. The van der Waals surface area contributed by atoms with E-state index in [1.54, 1.807) is 12.1 Å². The van der Waals surface area contributed by atoms with Gasteiger partial charge in [-0.2, -0.15) is 0 Å². The molecule has 1 aromatic rings. The Morgan fingerprint density at radius 3 is 2.86 bits per heavy atom. The minimum atomic E-state index is -0.370. The summed E-state index contributed by atoms with van der Waals surface area (Å²) in [4.78, 5) is 11.8. The van der Waals surface area contributed by atoms with E-state index in [0.29, 0.717) is 18.5 Å². The second kappa shape index (κ2) is 8.29. The van der Waals surface area contributed by atoms with Crippen LogP contribution in [0.25, 0.3) is 6.08 Å². The van der Waals surface area contributed by atoms with Gasteiger partial charge in [0.15, 0.2) is 0 Å². The van der Waals surface area contributed by atoms with Crippen LogP contribution in [-0.4, -0.2) is 24.2 Å². The highest BCUT2D eigenvalue weighted by Crippen LogP contribution is 2.20. The van der Waals surface area contributed by atoms with E-state index in [4.69, 9.17) is 5.11 Å². The van der Waals surface area contributed by atoms with Crippen molar-refractivity contribution < 1.29 is 14.3 Å². The van der Waals surface area contributed by atoms with E-state index < -0.39 is 0 Å². The lowest BCUT2D eigenvalue weighted by atomic mass is 9.88. The van der Waals surface area contributed by atoms with Crippen molar-refractivity contribution in [1.82, 2.24) is 5.32 Å². The average Bonchev–Trinajstić information content (AvgIpc) is 2.44. The standard InChI is InChI=1S/C16H21BrFNO2/c1-16(2,8-3-9-20)11-19-15(21)7-4-12-10-13(17)5-6-14(12)18/h4-7,10,20H,3,8-9,11H2,1-2H3,(H,19,21)/b7-4+. The molecule has 0 fully saturated rings. The molecule has 2 N–H and O–H groups in total. The number of aliphatic hydroxyl groups is 1. The predicted molar refractivity (Wildman–Crippen MR) is 86.2 cm³/mol. The quantitative estimate of drug-likeness (QED) is 0.733. The highest BCUT2D eigenvalue weighted by Gasteiger charge is 2.17. The number of halogens is 2. The Morgan fingerprint density at radius 2 is 2.19 bits per heavy atom. The van der Waals surface area contributed by atoms with Gasteiger partial charge in [-0.1, -0.05) is 29.8 Å². The molecule has 0 saturated carbocycles. The Hall–Kier alpha value is -1.20. The van der Waals surface area contributed by atoms with Crippen LogP contribution < -0.4 is 5.32 Å². The third-order valence-corrected chi connectivity index (χ3v) is 3.62. The number of benzene rings is 1. The maximum absolute atomic E-state index is 13.5. The van der Waals surface area contributed by atoms with Gasteiger partial charge < -0.3 is 10.4 Å². The van der Waals surface area contributed by atoms with Crippen LogP contribution >= 0.6 is 15.9 Å². The number of rotatable bonds is 7. The SMILES string of the molecule is CC(C)(CCCO)CNC(=O)/C=C/c1cc(Br)ccc1F. The van der Waals surface area contributed by atoms with Crippen LogP contribution in [0.5, 0.6) is 0 Å². The predicted octanol–water partition coefficient (Wildman–Crippen LogP) is 3.52.